The van der Waals surface area contributed by atoms with Gasteiger partial charge in [-0.1, -0.05) is 24.3 Å². The largest absolute Gasteiger partial charge is 0.497 e. The van der Waals surface area contributed by atoms with E-state index >= 15 is 0 Å². The summed E-state index contributed by atoms with van der Waals surface area (Å²) in [6.07, 6.45) is 5.18. The highest BCUT2D eigenvalue weighted by atomic mass is 16.5. The molecule has 0 radical (unpaired) electrons. The number of carbonyl (C=O) groups excluding carboxylic acids is 2. The van der Waals surface area contributed by atoms with Crippen LogP contribution in [0.2, 0.25) is 0 Å². The smallest absolute Gasteiger partial charge is 0.324 e. The van der Waals surface area contributed by atoms with E-state index in [9.17, 15) is 9.59 Å². The number of ether oxygens (including phenoxy) is 1. The number of aromatic nitrogens is 2. The average molecular weight is 523 g/mol. The Morgan fingerprint density at radius 2 is 1.69 bits per heavy atom. The van der Waals surface area contributed by atoms with E-state index in [-0.39, 0.29) is 11.9 Å². The summed E-state index contributed by atoms with van der Waals surface area (Å²) in [6.45, 7) is 1.76. The van der Waals surface area contributed by atoms with Gasteiger partial charge >= 0.3 is 6.03 Å². The van der Waals surface area contributed by atoms with Gasteiger partial charge in [0.05, 0.1) is 30.9 Å². The van der Waals surface area contributed by atoms with Crippen molar-refractivity contribution in [3.8, 4) is 16.9 Å². The third-order valence-corrected chi connectivity index (χ3v) is 6.57. The van der Waals surface area contributed by atoms with E-state index in [1.54, 1.807) is 49.6 Å². The van der Waals surface area contributed by atoms with Crippen molar-refractivity contribution in [2.24, 2.45) is 0 Å². The Kier molecular flexibility index (Phi) is 7.40. The first-order chi connectivity index (χ1) is 18.9. The second-order valence-corrected chi connectivity index (χ2v) is 9.47. The Morgan fingerprint density at radius 3 is 2.36 bits per heavy atom. The maximum absolute atomic E-state index is 13.1. The Bertz CT molecular complexity index is 1450. The maximum Gasteiger partial charge on any atom is 0.324 e. The summed E-state index contributed by atoms with van der Waals surface area (Å²) in [4.78, 5) is 39.2. The molecule has 0 spiro atoms. The number of anilines is 3. The predicted octanol–water partition coefficient (Wildman–Crippen LogP) is 5.04. The second kappa shape index (κ2) is 11.2. The maximum atomic E-state index is 13.1. The topological polar surface area (TPSA) is 90.9 Å². The summed E-state index contributed by atoms with van der Waals surface area (Å²) in [5.74, 6) is 1.42. The van der Waals surface area contributed by atoms with Crippen molar-refractivity contribution in [2.45, 2.75) is 6.54 Å². The molecule has 0 bridgehead atoms. The summed E-state index contributed by atoms with van der Waals surface area (Å²) in [5.41, 5.74) is 5.07. The SMILES string of the molecule is COc1ccc(CN2CCN(c3cncc(Nc4ccc(-c5ccc(C(=O)N(C)C)cc5)cn4)c3)C2=O)cc1. The molecule has 1 N–H and O–H groups in total. The lowest BCUT2D eigenvalue weighted by Gasteiger charge is -2.19. The molecule has 2 aromatic carbocycles. The van der Waals surface area contributed by atoms with Crippen molar-refractivity contribution in [2.75, 3.05) is 44.5 Å². The first-order valence-electron chi connectivity index (χ1n) is 12.6. The number of nitrogens with zero attached hydrogens (tertiary/aromatic N) is 5. The number of rotatable bonds is 8. The van der Waals surface area contributed by atoms with Gasteiger partial charge in [0.25, 0.3) is 5.91 Å². The first kappa shape index (κ1) is 25.7. The van der Waals surface area contributed by atoms with Crippen molar-refractivity contribution < 1.29 is 14.3 Å². The third kappa shape index (κ3) is 5.82. The van der Waals surface area contributed by atoms with Crippen LogP contribution in [0, 0.1) is 0 Å². The number of carbonyl (C=O) groups is 2. The quantitative estimate of drug-likeness (QED) is 0.349. The summed E-state index contributed by atoms with van der Waals surface area (Å²) in [5, 5.41) is 3.27. The lowest BCUT2D eigenvalue weighted by atomic mass is 10.1. The Hall–Kier alpha value is -4.92. The molecule has 9 nitrogen and oxygen atoms in total. The minimum absolute atomic E-state index is 0.0318. The van der Waals surface area contributed by atoms with Gasteiger partial charge in [0.2, 0.25) is 0 Å². The van der Waals surface area contributed by atoms with Crippen LogP contribution in [-0.4, -0.2) is 66.0 Å². The third-order valence-electron chi connectivity index (χ3n) is 6.57. The van der Waals surface area contributed by atoms with Crippen molar-refractivity contribution in [3.63, 3.8) is 0 Å². The average Bonchev–Trinajstić information content (AvgIpc) is 3.33. The molecule has 3 amide bonds. The fourth-order valence-electron chi connectivity index (χ4n) is 4.41. The van der Waals surface area contributed by atoms with Gasteiger partial charge in [0, 0.05) is 51.1 Å². The number of benzene rings is 2. The molecule has 39 heavy (non-hydrogen) atoms. The standard InChI is InChI=1S/C30H30N6O3/c1-34(2)29(37)23-8-6-22(7-9-23)24-10-13-28(32-17-24)33-25-16-26(19-31-18-25)36-15-14-35(30(36)38)20-21-4-11-27(39-3)12-5-21/h4-13,16-19H,14-15,20H2,1-3H3,(H,32,33). The highest BCUT2D eigenvalue weighted by Gasteiger charge is 2.29. The summed E-state index contributed by atoms with van der Waals surface area (Å²) < 4.78 is 5.21. The molecule has 0 unspecified atom stereocenters. The van der Waals surface area contributed by atoms with Crippen molar-refractivity contribution in [1.82, 2.24) is 19.8 Å². The molecule has 2 aromatic heterocycles. The Labute approximate surface area is 227 Å². The molecule has 1 fully saturated rings. The van der Waals surface area contributed by atoms with Crippen LogP contribution >= 0.6 is 0 Å². The number of methoxy groups -OCH3 is 1. The molecule has 0 aliphatic carbocycles. The van der Waals surface area contributed by atoms with Gasteiger partial charge in [-0.2, -0.15) is 0 Å². The van der Waals surface area contributed by atoms with Crippen LogP contribution in [0.5, 0.6) is 5.75 Å². The van der Waals surface area contributed by atoms with Gasteiger partial charge in [-0.15, -0.1) is 0 Å². The van der Waals surface area contributed by atoms with E-state index in [1.165, 1.54) is 0 Å². The molecule has 1 saturated heterocycles. The van der Waals surface area contributed by atoms with Gasteiger partial charge in [-0.3, -0.25) is 14.7 Å². The van der Waals surface area contributed by atoms with Gasteiger partial charge < -0.3 is 19.9 Å². The molecule has 1 aliphatic heterocycles. The van der Waals surface area contributed by atoms with Crippen LogP contribution in [0.15, 0.2) is 85.3 Å². The van der Waals surface area contributed by atoms with E-state index in [4.69, 9.17) is 4.74 Å². The van der Waals surface area contributed by atoms with Gasteiger partial charge in [0.15, 0.2) is 0 Å². The molecular weight excluding hydrogens is 492 g/mol. The van der Waals surface area contributed by atoms with Crippen molar-refractivity contribution in [3.05, 3.63) is 96.4 Å². The van der Waals surface area contributed by atoms with Crippen LogP contribution < -0.4 is 15.0 Å². The zero-order valence-electron chi connectivity index (χ0n) is 22.2. The van der Waals surface area contributed by atoms with E-state index < -0.39 is 0 Å². The van der Waals surface area contributed by atoms with Gasteiger partial charge in [-0.25, -0.2) is 9.78 Å². The van der Waals surface area contributed by atoms with E-state index in [2.05, 4.69) is 15.3 Å². The highest BCUT2D eigenvalue weighted by molar-refractivity contribution is 5.95. The van der Waals surface area contributed by atoms with Crippen LogP contribution in [0.1, 0.15) is 15.9 Å². The van der Waals surface area contributed by atoms with Crippen LogP contribution in [0.4, 0.5) is 22.0 Å². The number of hydrogen-bond donors (Lipinski definition) is 1. The predicted molar refractivity (Wildman–Crippen MR) is 151 cm³/mol. The molecule has 3 heterocycles. The van der Waals surface area contributed by atoms with Crippen LogP contribution in [-0.2, 0) is 6.54 Å². The van der Waals surface area contributed by atoms with Gasteiger partial charge in [0.1, 0.15) is 11.6 Å². The molecule has 1 aliphatic rings. The van der Waals surface area contributed by atoms with E-state index in [0.29, 0.717) is 31.0 Å². The van der Waals surface area contributed by atoms with Gasteiger partial charge in [-0.05, 0) is 53.6 Å². The lowest BCUT2D eigenvalue weighted by Crippen LogP contribution is -2.31. The summed E-state index contributed by atoms with van der Waals surface area (Å²) in [7, 11) is 5.11. The first-order valence-corrected chi connectivity index (χ1v) is 12.6. The van der Waals surface area contributed by atoms with Crippen LogP contribution in [0.3, 0.4) is 0 Å². The Morgan fingerprint density at radius 1 is 0.949 bits per heavy atom. The fourth-order valence-corrected chi connectivity index (χ4v) is 4.41. The molecule has 4 aromatic rings. The Balaban J connectivity index is 1.22. The van der Waals surface area contributed by atoms with E-state index in [0.717, 1.165) is 33.8 Å². The molecular formula is C30H30N6O3. The summed E-state index contributed by atoms with van der Waals surface area (Å²) in [6, 6.07) is 20.9. The van der Waals surface area contributed by atoms with Crippen molar-refractivity contribution in [1.29, 1.82) is 0 Å². The minimum Gasteiger partial charge on any atom is -0.497 e. The molecule has 0 atom stereocenters. The fraction of sp³-hybridized carbons (Fsp3) is 0.200. The number of hydrogen-bond acceptors (Lipinski definition) is 6. The molecule has 5 rings (SSSR count). The monoisotopic (exact) mass is 522 g/mol. The molecule has 0 saturated carbocycles. The normalized spacial score (nSPS) is 12.9. The zero-order chi connectivity index (χ0) is 27.4. The zero-order valence-corrected chi connectivity index (χ0v) is 22.2. The minimum atomic E-state index is -0.0504. The number of pyridine rings is 2. The van der Waals surface area contributed by atoms with E-state index in [1.807, 2.05) is 71.6 Å². The second-order valence-electron chi connectivity index (χ2n) is 9.47. The lowest BCUT2D eigenvalue weighted by molar-refractivity contribution is 0.0827. The number of urea groups is 1. The van der Waals surface area contributed by atoms with Crippen LogP contribution in [0.25, 0.3) is 11.1 Å². The van der Waals surface area contributed by atoms with Crippen molar-refractivity contribution >= 4 is 29.1 Å². The highest BCUT2D eigenvalue weighted by Crippen LogP contribution is 2.26. The molecule has 198 valence electrons. The molecule has 9 heteroatoms. The number of amides is 3. The number of nitrogens with one attached hydrogen (secondary N) is 1. The summed E-state index contributed by atoms with van der Waals surface area (Å²) >= 11 is 0.